The summed E-state index contributed by atoms with van der Waals surface area (Å²) in [5, 5.41) is 7.30. The molecule has 26 heavy (non-hydrogen) atoms. The van der Waals surface area contributed by atoms with Crippen molar-refractivity contribution >= 4 is 29.4 Å². The second kappa shape index (κ2) is 6.46. The van der Waals surface area contributed by atoms with Crippen LogP contribution in [0.15, 0.2) is 36.5 Å². The number of carbonyl (C=O) groups is 2. The van der Waals surface area contributed by atoms with Gasteiger partial charge < -0.3 is 10.2 Å². The summed E-state index contributed by atoms with van der Waals surface area (Å²) in [4.78, 5) is 26.6. The fraction of sp³-hybridized carbons (Fsp3) is 0.421. The molecule has 2 amide bonds. The predicted molar refractivity (Wildman–Crippen MR) is 102 cm³/mol. The number of rotatable bonds is 4. The molecule has 0 unspecified atom stereocenters. The minimum atomic E-state index is -0.415. The van der Waals surface area contributed by atoms with Gasteiger partial charge in [0.1, 0.15) is 11.9 Å². The molecule has 0 bridgehead atoms. The molecule has 2 aliphatic heterocycles. The van der Waals surface area contributed by atoms with E-state index in [0.29, 0.717) is 24.5 Å². The average molecular weight is 370 g/mol. The Morgan fingerprint density at radius 2 is 2.27 bits per heavy atom. The molecule has 7 heteroatoms. The van der Waals surface area contributed by atoms with Gasteiger partial charge in [0.2, 0.25) is 11.8 Å². The molecule has 2 saturated heterocycles. The van der Waals surface area contributed by atoms with Crippen LogP contribution in [0, 0.1) is 6.92 Å². The SMILES string of the molecule is Cc1cccc(Cn2nccc2NC(=O)[C@@H]2CS[C@@]3(C)CCC(=O)N23)c1. The smallest absolute Gasteiger partial charge is 0.249 e. The molecule has 1 aromatic heterocycles. The van der Waals surface area contributed by atoms with Crippen LogP contribution in [0.4, 0.5) is 5.82 Å². The van der Waals surface area contributed by atoms with Crippen molar-refractivity contribution in [2.75, 3.05) is 11.1 Å². The number of nitrogens with one attached hydrogen (secondary N) is 1. The third kappa shape index (κ3) is 3.00. The predicted octanol–water partition coefficient (Wildman–Crippen LogP) is 2.63. The highest BCUT2D eigenvalue weighted by molar-refractivity contribution is 8.01. The lowest BCUT2D eigenvalue weighted by Crippen LogP contribution is -2.48. The number of thioether (sulfide) groups is 1. The Balaban J connectivity index is 1.49. The van der Waals surface area contributed by atoms with Gasteiger partial charge in [-0.1, -0.05) is 29.8 Å². The third-order valence-electron chi connectivity index (χ3n) is 5.13. The van der Waals surface area contributed by atoms with Crippen molar-refractivity contribution in [2.45, 2.75) is 44.1 Å². The summed E-state index contributed by atoms with van der Waals surface area (Å²) in [5.41, 5.74) is 2.32. The molecule has 2 aromatic rings. The molecular weight excluding hydrogens is 348 g/mol. The number of aromatic nitrogens is 2. The molecular formula is C19H22N4O2S. The zero-order chi connectivity index (χ0) is 18.3. The number of hydrogen-bond donors (Lipinski definition) is 1. The van der Waals surface area contributed by atoms with Crippen LogP contribution >= 0.6 is 11.8 Å². The van der Waals surface area contributed by atoms with Crippen LogP contribution in [-0.2, 0) is 16.1 Å². The van der Waals surface area contributed by atoms with E-state index >= 15 is 0 Å². The van der Waals surface area contributed by atoms with Crippen molar-refractivity contribution in [3.8, 4) is 0 Å². The summed E-state index contributed by atoms with van der Waals surface area (Å²) < 4.78 is 1.78. The van der Waals surface area contributed by atoms with Crippen molar-refractivity contribution < 1.29 is 9.59 Å². The molecule has 0 radical (unpaired) electrons. The molecule has 0 aliphatic carbocycles. The van der Waals surface area contributed by atoms with Crippen LogP contribution in [0.5, 0.6) is 0 Å². The molecule has 2 aliphatic rings. The highest BCUT2D eigenvalue weighted by Crippen LogP contribution is 2.47. The second-order valence-electron chi connectivity index (χ2n) is 7.12. The Morgan fingerprint density at radius 3 is 3.08 bits per heavy atom. The second-order valence-corrected chi connectivity index (χ2v) is 8.62. The minimum absolute atomic E-state index is 0.0749. The van der Waals surface area contributed by atoms with Crippen molar-refractivity contribution in [2.24, 2.45) is 0 Å². The summed E-state index contributed by atoms with van der Waals surface area (Å²) >= 11 is 1.70. The number of carbonyl (C=O) groups excluding carboxylic acids is 2. The molecule has 6 nitrogen and oxygen atoms in total. The lowest BCUT2D eigenvalue weighted by Gasteiger charge is -2.29. The van der Waals surface area contributed by atoms with Gasteiger partial charge in [0.25, 0.3) is 0 Å². The van der Waals surface area contributed by atoms with E-state index in [1.165, 1.54) is 5.56 Å². The number of hydrogen-bond acceptors (Lipinski definition) is 4. The molecule has 136 valence electrons. The van der Waals surface area contributed by atoms with Crippen LogP contribution in [0.3, 0.4) is 0 Å². The van der Waals surface area contributed by atoms with E-state index in [-0.39, 0.29) is 16.7 Å². The topological polar surface area (TPSA) is 67.2 Å². The van der Waals surface area contributed by atoms with Crippen molar-refractivity contribution in [1.29, 1.82) is 0 Å². The van der Waals surface area contributed by atoms with Crippen molar-refractivity contribution in [1.82, 2.24) is 14.7 Å². The van der Waals surface area contributed by atoms with E-state index in [1.807, 2.05) is 12.1 Å². The molecule has 3 heterocycles. The Hall–Kier alpha value is -2.28. The lowest BCUT2D eigenvalue weighted by atomic mass is 10.1. The van der Waals surface area contributed by atoms with Crippen LogP contribution < -0.4 is 5.32 Å². The Morgan fingerprint density at radius 1 is 1.42 bits per heavy atom. The van der Waals surface area contributed by atoms with Gasteiger partial charge in [0.05, 0.1) is 17.6 Å². The van der Waals surface area contributed by atoms with Crippen LogP contribution in [-0.4, -0.2) is 43.2 Å². The Labute approximate surface area is 156 Å². The largest absolute Gasteiger partial charge is 0.315 e. The number of anilines is 1. The third-order valence-corrected chi connectivity index (χ3v) is 6.64. The highest BCUT2D eigenvalue weighted by Gasteiger charge is 2.52. The first-order chi connectivity index (χ1) is 12.5. The van der Waals surface area contributed by atoms with Gasteiger partial charge in [0.15, 0.2) is 0 Å². The maximum absolute atomic E-state index is 12.8. The number of aryl methyl sites for hydroxylation is 1. The van der Waals surface area contributed by atoms with Crippen molar-refractivity contribution in [3.05, 3.63) is 47.7 Å². The maximum Gasteiger partial charge on any atom is 0.249 e. The van der Waals surface area contributed by atoms with Crippen LogP contribution in [0.1, 0.15) is 30.9 Å². The van der Waals surface area contributed by atoms with Gasteiger partial charge in [-0.15, -0.1) is 11.8 Å². The molecule has 1 N–H and O–H groups in total. The summed E-state index contributed by atoms with van der Waals surface area (Å²) in [7, 11) is 0. The fourth-order valence-electron chi connectivity index (χ4n) is 3.77. The highest BCUT2D eigenvalue weighted by atomic mass is 32.2. The Kier molecular flexibility index (Phi) is 4.26. The summed E-state index contributed by atoms with van der Waals surface area (Å²) in [6, 6.07) is 9.60. The first kappa shape index (κ1) is 17.1. The minimum Gasteiger partial charge on any atom is -0.315 e. The zero-order valence-corrected chi connectivity index (χ0v) is 15.8. The van der Waals surface area contributed by atoms with Gasteiger partial charge in [-0.2, -0.15) is 5.10 Å². The number of benzene rings is 1. The number of amides is 2. The molecule has 1 aromatic carbocycles. The molecule has 0 saturated carbocycles. The normalized spacial score (nSPS) is 24.8. The quantitative estimate of drug-likeness (QED) is 0.898. The van der Waals surface area contributed by atoms with E-state index in [4.69, 9.17) is 0 Å². The first-order valence-corrected chi connectivity index (χ1v) is 9.79. The number of nitrogens with zero attached hydrogens (tertiary/aromatic N) is 3. The van der Waals surface area contributed by atoms with E-state index < -0.39 is 6.04 Å². The van der Waals surface area contributed by atoms with Gasteiger partial charge in [-0.25, -0.2) is 4.68 Å². The molecule has 2 atom stereocenters. The Bertz CT molecular complexity index is 865. The van der Waals surface area contributed by atoms with E-state index in [0.717, 1.165) is 12.0 Å². The maximum atomic E-state index is 12.8. The molecule has 2 fully saturated rings. The number of fused-ring (bicyclic) bond motifs is 1. The lowest BCUT2D eigenvalue weighted by molar-refractivity contribution is -0.135. The molecule has 4 rings (SSSR count). The van der Waals surface area contributed by atoms with Crippen LogP contribution in [0.25, 0.3) is 0 Å². The van der Waals surface area contributed by atoms with Gasteiger partial charge in [0, 0.05) is 18.2 Å². The summed E-state index contributed by atoms with van der Waals surface area (Å²) in [5.74, 6) is 1.23. The summed E-state index contributed by atoms with van der Waals surface area (Å²) in [6.07, 6.45) is 3.02. The molecule has 0 spiro atoms. The summed E-state index contributed by atoms with van der Waals surface area (Å²) in [6.45, 7) is 4.69. The van der Waals surface area contributed by atoms with Crippen LogP contribution in [0.2, 0.25) is 0 Å². The van der Waals surface area contributed by atoms with E-state index in [2.05, 4.69) is 36.4 Å². The van der Waals surface area contributed by atoms with Crippen molar-refractivity contribution in [3.63, 3.8) is 0 Å². The van der Waals surface area contributed by atoms with Gasteiger partial charge in [-0.3, -0.25) is 9.59 Å². The van der Waals surface area contributed by atoms with E-state index in [9.17, 15) is 9.59 Å². The average Bonchev–Trinajstić information content (AvgIpc) is 3.25. The fourth-order valence-corrected chi connectivity index (χ4v) is 5.20. The van der Waals surface area contributed by atoms with E-state index in [1.54, 1.807) is 33.6 Å². The zero-order valence-electron chi connectivity index (χ0n) is 14.9. The standard InChI is InChI=1S/C19H22N4O2S/c1-13-4-3-5-14(10-13)11-22-16(7-9-20-22)21-18(25)15-12-26-19(2)8-6-17(24)23(15)19/h3-5,7,9-10,15H,6,8,11-12H2,1-2H3,(H,21,25)/t15-,19-/m0/s1. The van der Waals surface area contributed by atoms with Gasteiger partial charge in [-0.05, 0) is 25.8 Å². The first-order valence-electron chi connectivity index (χ1n) is 8.81. The van der Waals surface area contributed by atoms with Gasteiger partial charge >= 0.3 is 0 Å². The monoisotopic (exact) mass is 370 g/mol.